The predicted octanol–water partition coefficient (Wildman–Crippen LogP) is -0.433. The molecule has 0 saturated carbocycles. The van der Waals surface area contributed by atoms with Crippen molar-refractivity contribution in [2.75, 3.05) is 26.3 Å². The minimum atomic E-state index is -3.37. The first-order valence-corrected chi connectivity index (χ1v) is 6.13. The molecule has 0 atom stereocenters. The average Bonchev–Trinajstić information content (AvgIpc) is 2.31. The molecule has 1 aromatic heterocycles. The van der Waals surface area contributed by atoms with Crippen LogP contribution in [0, 0.1) is 0 Å². The predicted molar refractivity (Wildman–Crippen MR) is 62.1 cm³/mol. The molecule has 16 heavy (non-hydrogen) atoms. The van der Waals surface area contributed by atoms with Gasteiger partial charge in [-0.15, -0.1) is 0 Å². The number of rotatable bonds is 2. The summed E-state index contributed by atoms with van der Waals surface area (Å²) in [5.41, 5.74) is 0. The van der Waals surface area contributed by atoms with E-state index < -0.39 is 10.0 Å². The van der Waals surface area contributed by atoms with Gasteiger partial charge in [-0.3, -0.25) is 4.98 Å². The molecular formula is C9H14N2NaO3S+. The maximum atomic E-state index is 12.0. The molecule has 2 heterocycles. The molecule has 0 spiro atoms. The van der Waals surface area contributed by atoms with E-state index in [1.165, 1.54) is 10.5 Å². The normalized spacial score (nSPS) is 17.8. The van der Waals surface area contributed by atoms with E-state index in [-0.39, 0.29) is 35.9 Å². The maximum absolute atomic E-state index is 12.0. The number of morpholine rings is 1. The number of sulfonamides is 1. The van der Waals surface area contributed by atoms with Gasteiger partial charge in [-0.25, -0.2) is 8.42 Å². The van der Waals surface area contributed by atoms with Gasteiger partial charge in [0.2, 0.25) is 10.0 Å². The molecule has 1 aliphatic rings. The van der Waals surface area contributed by atoms with Crippen LogP contribution in [0.3, 0.4) is 0 Å². The quantitative estimate of drug-likeness (QED) is 0.671. The Labute approximate surface area is 119 Å². The van der Waals surface area contributed by atoms with Crippen LogP contribution in [0.1, 0.15) is 1.43 Å². The van der Waals surface area contributed by atoms with Crippen molar-refractivity contribution in [1.29, 1.82) is 0 Å². The zero-order valence-corrected chi connectivity index (χ0v) is 8.98. The fraction of sp³-hybridized carbons (Fsp3) is 0.444. The zero-order valence-electron chi connectivity index (χ0n) is 9.17. The third kappa shape index (κ3) is 3.03. The number of aromatic nitrogens is 1. The van der Waals surface area contributed by atoms with E-state index in [4.69, 9.17) is 4.74 Å². The Bertz CT molecular complexity index is 423. The van der Waals surface area contributed by atoms with Gasteiger partial charge in [-0.05, 0) is 12.1 Å². The molecule has 0 N–H and O–H groups in total. The Morgan fingerprint density at radius 2 is 2.06 bits per heavy atom. The molecule has 7 heteroatoms. The molecule has 0 radical (unpaired) electrons. The van der Waals surface area contributed by atoms with Crippen molar-refractivity contribution in [1.82, 2.24) is 9.29 Å². The molecule has 5 nitrogen and oxygen atoms in total. The van der Waals surface area contributed by atoms with Crippen molar-refractivity contribution in [3.63, 3.8) is 0 Å². The van der Waals surface area contributed by atoms with Crippen molar-refractivity contribution < 1.29 is 14.6 Å². The second-order valence-electron chi connectivity index (χ2n) is 3.21. The summed E-state index contributed by atoms with van der Waals surface area (Å²) in [6, 6.07) is 3.17. The Hall–Kier alpha value is 0.0200. The number of ether oxygens (including phenoxy) is 1. The Balaban J connectivity index is 0.00000128. The fourth-order valence-corrected chi connectivity index (χ4v) is 2.81. The zero-order chi connectivity index (χ0) is 10.7. The Morgan fingerprint density at radius 1 is 1.38 bits per heavy atom. The second kappa shape index (κ2) is 6.09. The Kier molecular flexibility index (Phi) is 5.36. The van der Waals surface area contributed by atoms with Gasteiger partial charge in [0, 0.05) is 25.5 Å². The third-order valence-corrected chi connectivity index (χ3v) is 4.12. The van der Waals surface area contributed by atoms with Crippen molar-refractivity contribution in [2.24, 2.45) is 0 Å². The van der Waals surface area contributed by atoms with Gasteiger partial charge in [-0.1, -0.05) is 0 Å². The molecule has 84 valence electrons. The third-order valence-electron chi connectivity index (χ3n) is 2.24. The molecule has 0 aromatic carbocycles. The van der Waals surface area contributed by atoms with E-state index in [1.807, 2.05) is 0 Å². The van der Waals surface area contributed by atoms with Crippen molar-refractivity contribution >= 4 is 39.6 Å². The van der Waals surface area contributed by atoms with Crippen LogP contribution in [0.5, 0.6) is 0 Å². The van der Waals surface area contributed by atoms with Crippen LogP contribution in [0.25, 0.3) is 0 Å². The molecule has 0 amide bonds. The fourth-order valence-electron chi connectivity index (χ4n) is 1.44. The number of pyridine rings is 1. The number of hydrogen-bond donors (Lipinski definition) is 0. The van der Waals surface area contributed by atoms with Crippen LogP contribution in [-0.4, -0.2) is 73.6 Å². The van der Waals surface area contributed by atoms with Crippen molar-refractivity contribution in [3.8, 4) is 0 Å². The monoisotopic (exact) mass is 253 g/mol. The first-order valence-electron chi connectivity index (χ1n) is 4.69. The summed E-state index contributed by atoms with van der Waals surface area (Å²) in [5.74, 6) is 0. The van der Waals surface area contributed by atoms with Crippen LogP contribution >= 0.6 is 0 Å². The molecule has 0 bridgehead atoms. The topological polar surface area (TPSA) is 59.5 Å². The number of hydrogen-bond acceptors (Lipinski definition) is 4. The van der Waals surface area contributed by atoms with Gasteiger partial charge in [0.15, 0.2) is 0 Å². The van der Waals surface area contributed by atoms with Gasteiger partial charge in [-0.2, -0.15) is 4.31 Å². The molecular weight excluding hydrogens is 239 g/mol. The molecule has 1 saturated heterocycles. The second-order valence-corrected chi connectivity index (χ2v) is 5.14. The minimum absolute atomic E-state index is 0. The van der Waals surface area contributed by atoms with E-state index >= 15 is 0 Å². The van der Waals surface area contributed by atoms with Crippen LogP contribution in [0.2, 0.25) is 0 Å². The molecule has 1 fully saturated rings. The van der Waals surface area contributed by atoms with E-state index in [0.717, 1.165) is 0 Å². The summed E-state index contributed by atoms with van der Waals surface area (Å²) in [6.45, 7) is 1.74. The van der Waals surface area contributed by atoms with Gasteiger partial charge < -0.3 is 4.74 Å². The SMILES string of the molecule is O=S(=O)(c1cccnc1)N1CCOCC1.[H+].[NaH]. The molecule has 1 aromatic rings. The van der Waals surface area contributed by atoms with E-state index in [2.05, 4.69) is 4.98 Å². The molecule has 0 unspecified atom stereocenters. The molecule has 0 aliphatic carbocycles. The summed E-state index contributed by atoms with van der Waals surface area (Å²) in [7, 11) is -3.37. The first-order chi connectivity index (χ1) is 7.21. The molecule has 2 rings (SSSR count). The summed E-state index contributed by atoms with van der Waals surface area (Å²) in [5, 5.41) is 0. The van der Waals surface area contributed by atoms with Crippen LogP contribution in [-0.2, 0) is 14.8 Å². The average molecular weight is 253 g/mol. The Morgan fingerprint density at radius 3 is 2.62 bits per heavy atom. The van der Waals surface area contributed by atoms with Crippen molar-refractivity contribution in [2.45, 2.75) is 4.90 Å². The van der Waals surface area contributed by atoms with Crippen LogP contribution in [0.4, 0.5) is 0 Å². The van der Waals surface area contributed by atoms with Crippen LogP contribution in [0.15, 0.2) is 29.4 Å². The summed E-state index contributed by atoms with van der Waals surface area (Å²) in [6.07, 6.45) is 2.92. The summed E-state index contributed by atoms with van der Waals surface area (Å²) >= 11 is 0. The first kappa shape index (κ1) is 14.1. The van der Waals surface area contributed by atoms with E-state index in [9.17, 15) is 8.42 Å². The van der Waals surface area contributed by atoms with E-state index in [0.29, 0.717) is 26.3 Å². The number of nitrogens with zero attached hydrogens (tertiary/aromatic N) is 2. The van der Waals surface area contributed by atoms with Gasteiger partial charge >= 0.3 is 31.0 Å². The van der Waals surface area contributed by atoms with Crippen LogP contribution < -0.4 is 0 Å². The molecule has 1 aliphatic heterocycles. The van der Waals surface area contributed by atoms with Gasteiger partial charge in [0.05, 0.1) is 13.2 Å². The summed E-state index contributed by atoms with van der Waals surface area (Å²) < 4.78 is 30.6. The van der Waals surface area contributed by atoms with Gasteiger partial charge in [0.1, 0.15) is 4.90 Å². The standard InChI is InChI=1S/C9H12N2O3S.Na.H/c12-15(13,9-2-1-3-10-8-9)11-4-6-14-7-5-11;;/h1-3,8H,4-7H2;;/p+1. The van der Waals surface area contributed by atoms with E-state index in [1.54, 1.807) is 18.3 Å². The summed E-state index contributed by atoms with van der Waals surface area (Å²) in [4.78, 5) is 4.05. The van der Waals surface area contributed by atoms with Crippen molar-refractivity contribution in [3.05, 3.63) is 24.5 Å². The van der Waals surface area contributed by atoms with Gasteiger partial charge in [0.25, 0.3) is 0 Å².